The van der Waals surface area contributed by atoms with Gasteiger partial charge in [-0.15, -0.1) is 13.2 Å². The van der Waals surface area contributed by atoms with Crippen LogP contribution in [0.1, 0.15) is 18.4 Å². The molecule has 0 radical (unpaired) electrons. The molecule has 0 aliphatic rings. The van der Waals surface area contributed by atoms with Gasteiger partial charge in [-0.2, -0.15) is 0 Å². The fourth-order valence-corrected chi connectivity index (χ4v) is 0.854. The van der Waals surface area contributed by atoms with Crippen molar-refractivity contribution in [2.24, 2.45) is 0 Å². The van der Waals surface area contributed by atoms with Gasteiger partial charge < -0.3 is 0 Å². The number of aromatic nitrogens is 2. The second kappa shape index (κ2) is 4.36. The van der Waals surface area contributed by atoms with Gasteiger partial charge in [-0.25, -0.2) is 9.97 Å². The molecule has 78 valence electrons. The molecule has 0 aromatic carbocycles. The van der Waals surface area contributed by atoms with Crippen molar-refractivity contribution in [3.8, 4) is 0 Å². The lowest BCUT2D eigenvalue weighted by molar-refractivity contribution is -0.331. The van der Waals surface area contributed by atoms with E-state index in [0.29, 0.717) is 12.1 Å². The summed E-state index contributed by atoms with van der Waals surface area (Å²) in [5.41, 5.74) is 0.695. The maximum absolute atomic E-state index is 11.6. The minimum atomic E-state index is -4.63. The maximum Gasteiger partial charge on any atom is 0.522 e. The van der Waals surface area contributed by atoms with Crippen LogP contribution in [0.5, 0.6) is 0 Å². The molecule has 0 fully saturated rings. The Bertz CT molecular complexity index is 301. The first kappa shape index (κ1) is 10.9. The van der Waals surface area contributed by atoms with Crippen LogP contribution in [0.3, 0.4) is 0 Å². The van der Waals surface area contributed by atoms with Crippen molar-refractivity contribution in [1.82, 2.24) is 9.97 Å². The highest BCUT2D eigenvalue weighted by molar-refractivity contribution is 5.01. The van der Waals surface area contributed by atoms with Crippen molar-refractivity contribution in [3.05, 3.63) is 23.8 Å². The molecule has 1 aromatic rings. The van der Waals surface area contributed by atoms with E-state index in [9.17, 15) is 13.2 Å². The van der Waals surface area contributed by atoms with Gasteiger partial charge in [-0.3, -0.25) is 4.74 Å². The highest BCUT2D eigenvalue weighted by Gasteiger charge is 2.29. The van der Waals surface area contributed by atoms with Crippen molar-refractivity contribution in [1.29, 1.82) is 0 Å². The van der Waals surface area contributed by atoms with Crippen LogP contribution in [0.15, 0.2) is 12.3 Å². The summed E-state index contributed by atoms with van der Waals surface area (Å²) in [6.07, 6.45) is -2.56. The summed E-state index contributed by atoms with van der Waals surface area (Å²) in [4.78, 5) is 7.51. The first-order valence-corrected chi connectivity index (χ1v) is 4.02. The normalized spacial score (nSPS) is 11.7. The third-order valence-electron chi connectivity index (χ3n) is 1.49. The van der Waals surface area contributed by atoms with Crippen molar-refractivity contribution < 1.29 is 17.9 Å². The Hall–Kier alpha value is -1.17. The molecule has 0 aliphatic heterocycles. The van der Waals surface area contributed by atoms with E-state index in [1.165, 1.54) is 6.20 Å². The van der Waals surface area contributed by atoms with Crippen LogP contribution in [0, 0.1) is 0 Å². The molecule has 1 aromatic heterocycles. The van der Waals surface area contributed by atoms with Crippen LogP contribution in [-0.2, 0) is 17.8 Å². The summed E-state index contributed by atoms with van der Waals surface area (Å²) in [5.74, 6) is 0.0432. The lowest BCUT2D eigenvalue weighted by Crippen LogP contribution is -2.14. The van der Waals surface area contributed by atoms with Gasteiger partial charge >= 0.3 is 6.36 Å². The Balaban J connectivity index is 2.59. The highest BCUT2D eigenvalue weighted by atomic mass is 19.4. The first-order valence-electron chi connectivity index (χ1n) is 4.02. The molecule has 1 heterocycles. The smallest absolute Gasteiger partial charge is 0.284 e. The fourth-order valence-electron chi connectivity index (χ4n) is 0.854. The van der Waals surface area contributed by atoms with E-state index in [-0.39, 0.29) is 5.82 Å². The van der Waals surface area contributed by atoms with Crippen molar-refractivity contribution in [3.63, 3.8) is 0 Å². The second-order valence-electron chi connectivity index (χ2n) is 2.55. The third kappa shape index (κ3) is 3.69. The van der Waals surface area contributed by atoms with Gasteiger partial charge in [0.1, 0.15) is 6.61 Å². The van der Waals surface area contributed by atoms with Crippen LogP contribution in [0.4, 0.5) is 13.2 Å². The number of hydrogen-bond acceptors (Lipinski definition) is 3. The minimum Gasteiger partial charge on any atom is -0.284 e. The lowest BCUT2D eigenvalue weighted by Gasteiger charge is -2.06. The molecular weight excluding hydrogens is 197 g/mol. The van der Waals surface area contributed by atoms with Crippen LogP contribution in [-0.4, -0.2) is 16.3 Å². The molecule has 0 atom stereocenters. The van der Waals surface area contributed by atoms with Gasteiger partial charge in [-0.1, -0.05) is 6.92 Å². The van der Waals surface area contributed by atoms with Gasteiger partial charge in [-0.05, 0) is 12.5 Å². The zero-order valence-corrected chi connectivity index (χ0v) is 7.51. The molecule has 6 heteroatoms. The number of alkyl halides is 3. The summed E-state index contributed by atoms with van der Waals surface area (Å²) < 4.78 is 38.5. The molecule has 0 aliphatic carbocycles. The number of rotatable bonds is 3. The second-order valence-corrected chi connectivity index (χ2v) is 2.55. The summed E-state index contributed by atoms with van der Waals surface area (Å²) in [6.45, 7) is 1.22. The minimum absolute atomic E-state index is 0.0432. The van der Waals surface area contributed by atoms with Crippen LogP contribution < -0.4 is 0 Å². The summed E-state index contributed by atoms with van der Waals surface area (Å²) in [6, 6.07) is 1.65. The monoisotopic (exact) mass is 206 g/mol. The number of hydrogen-bond donors (Lipinski definition) is 0. The highest BCUT2D eigenvalue weighted by Crippen LogP contribution is 2.17. The van der Waals surface area contributed by atoms with Gasteiger partial charge in [0.05, 0.1) is 0 Å². The maximum atomic E-state index is 11.6. The van der Waals surface area contributed by atoms with E-state index in [4.69, 9.17) is 0 Å². The SMILES string of the molecule is CCc1ccnc(COC(F)(F)F)n1. The molecule has 0 N–H and O–H groups in total. The Morgan fingerprint density at radius 2 is 2.14 bits per heavy atom. The lowest BCUT2D eigenvalue weighted by atomic mass is 10.3. The van der Waals surface area contributed by atoms with Crippen molar-refractivity contribution in [2.45, 2.75) is 26.3 Å². The third-order valence-corrected chi connectivity index (χ3v) is 1.49. The molecule has 0 bridgehead atoms. The van der Waals surface area contributed by atoms with Crippen LogP contribution >= 0.6 is 0 Å². The predicted octanol–water partition coefficient (Wildman–Crippen LogP) is 2.08. The number of ether oxygens (including phenoxy) is 1. The van der Waals surface area contributed by atoms with Gasteiger partial charge in [0, 0.05) is 11.9 Å². The molecule has 14 heavy (non-hydrogen) atoms. The average Bonchev–Trinajstić information content (AvgIpc) is 2.14. The quantitative estimate of drug-likeness (QED) is 0.759. The Morgan fingerprint density at radius 1 is 1.43 bits per heavy atom. The Morgan fingerprint density at radius 3 is 2.71 bits per heavy atom. The van der Waals surface area contributed by atoms with Gasteiger partial charge in [0.25, 0.3) is 0 Å². The number of nitrogens with zero attached hydrogens (tertiary/aromatic N) is 2. The van der Waals surface area contributed by atoms with Gasteiger partial charge in [0.2, 0.25) is 0 Å². The number of aryl methyl sites for hydroxylation is 1. The van der Waals surface area contributed by atoms with E-state index < -0.39 is 13.0 Å². The van der Waals surface area contributed by atoms with E-state index in [0.717, 1.165) is 0 Å². The predicted molar refractivity (Wildman–Crippen MR) is 42.3 cm³/mol. The first-order chi connectivity index (χ1) is 6.51. The molecule has 0 amide bonds. The molecular formula is C8H9F3N2O. The fraction of sp³-hybridized carbons (Fsp3) is 0.500. The molecule has 3 nitrogen and oxygen atoms in total. The standard InChI is InChI=1S/C8H9F3N2O/c1-2-6-3-4-12-7(13-6)5-14-8(9,10)11/h3-4H,2,5H2,1H3. The van der Waals surface area contributed by atoms with E-state index in [2.05, 4.69) is 14.7 Å². The summed E-state index contributed by atoms with van der Waals surface area (Å²) in [5, 5.41) is 0. The van der Waals surface area contributed by atoms with Crippen molar-refractivity contribution >= 4 is 0 Å². The Labute approximate surface area is 78.9 Å². The molecule has 0 saturated heterocycles. The van der Waals surface area contributed by atoms with Crippen molar-refractivity contribution in [2.75, 3.05) is 0 Å². The largest absolute Gasteiger partial charge is 0.522 e. The zero-order valence-electron chi connectivity index (χ0n) is 7.51. The van der Waals surface area contributed by atoms with Crippen LogP contribution in [0.2, 0.25) is 0 Å². The summed E-state index contributed by atoms with van der Waals surface area (Å²) >= 11 is 0. The summed E-state index contributed by atoms with van der Waals surface area (Å²) in [7, 11) is 0. The van der Waals surface area contributed by atoms with E-state index in [1.54, 1.807) is 6.07 Å². The molecule has 1 rings (SSSR count). The number of halogens is 3. The van der Waals surface area contributed by atoms with E-state index >= 15 is 0 Å². The molecule has 0 spiro atoms. The molecule has 0 saturated carbocycles. The average molecular weight is 206 g/mol. The van der Waals surface area contributed by atoms with Crippen LogP contribution in [0.25, 0.3) is 0 Å². The zero-order chi connectivity index (χ0) is 10.6. The van der Waals surface area contributed by atoms with Gasteiger partial charge in [0.15, 0.2) is 5.82 Å². The Kier molecular flexibility index (Phi) is 3.40. The topological polar surface area (TPSA) is 35.0 Å². The molecule has 0 unspecified atom stereocenters. The van der Waals surface area contributed by atoms with E-state index in [1.807, 2.05) is 6.92 Å².